The van der Waals surface area contributed by atoms with E-state index in [1.807, 2.05) is 42.1 Å². The topological polar surface area (TPSA) is 48.3 Å². The van der Waals surface area contributed by atoms with Gasteiger partial charge in [-0.3, -0.25) is 4.79 Å². The Bertz CT molecular complexity index is 657. The molecule has 1 atom stereocenters. The minimum atomic E-state index is -0.376. The first-order chi connectivity index (χ1) is 10.0. The first-order valence-electron chi connectivity index (χ1n) is 7.24. The number of aromatic nitrogens is 1. The zero-order valence-electron chi connectivity index (χ0n) is 12.8. The van der Waals surface area contributed by atoms with Crippen LogP contribution in [0, 0.1) is 0 Å². The summed E-state index contributed by atoms with van der Waals surface area (Å²) in [5.41, 5.74) is 2.03. The largest absolute Gasteiger partial charge is 0.466 e. The highest BCUT2D eigenvalue weighted by Gasteiger charge is 2.22. The number of carbonyl (C=O) groups excluding carboxylic acids is 2. The molecule has 112 valence electrons. The Kier molecular flexibility index (Phi) is 4.78. The number of benzene rings is 1. The van der Waals surface area contributed by atoms with E-state index in [0.717, 1.165) is 16.5 Å². The summed E-state index contributed by atoms with van der Waals surface area (Å²) < 4.78 is 7.19. The molecule has 2 aromatic rings. The third-order valence-corrected chi connectivity index (χ3v) is 3.67. The van der Waals surface area contributed by atoms with Crippen LogP contribution in [0.25, 0.3) is 10.9 Å². The molecule has 0 saturated heterocycles. The van der Waals surface area contributed by atoms with E-state index in [1.165, 1.54) is 0 Å². The predicted octanol–water partition coefficient (Wildman–Crippen LogP) is 3.19. The van der Waals surface area contributed by atoms with Crippen LogP contribution in [0.2, 0.25) is 0 Å². The van der Waals surface area contributed by atoms with Crippen LogP contribution in [0.1, 0.15) is 38.2 Å². The number of carbonyl (C=O) groups is 2. The van der Waals surface area contributed by atoms with E-state index in [4.69, 9.17) is 4.74 Å². The van der Waals surface area contributed by atoms with Crippen LogP contribution in [-0.2, 0) is 21.4 Å². The van der Waals surface area contributed by atoms with Crippen molar-refractivity contribution in [1.82, 2.24) is 4.57 Å². The second-order valence-electron chi connectivity index (χ2n) is 5.29. The van der Waals surface area contributed by atoms with E-state index in [9.17, 15) is 9.59 Å². The number of ketones is 1. The van der Waals surface area contributed by atoms with Crippen LogP contribution in [0.15, 0.2) is 30.5 Å². The molecule has 21 heavy (non-hydrogen) atoms. The van der Waals surface area contributed by atoms with E-state index in [-0.39, 0.29) is 17.7 Å². The number of fused-ring (bicyclic) bond motifs is 1. The zero-order chi connectivity index (χ0) is 15.4. The van der Waals surface area contributed by atoms with Crippen LogP contribution in [0.4, 0.5) is 0 Å². The molecule has 4 nitrogen and oxygen atoms in total. The number of Topliss-reactive ketones (excluding diaryl/α,β-unsaturated/α-hetero) is 1. The third kappa shape index (κ3) is 3.51. The Morgan fingerprint density at radius 2 is 2.05 bits per heavy atom. The molecule has 0 radical (unpaired) electrons. The number of ether oxygens (including phenoxy) is 1. The third-order valence-electron chi connectivity index (χ3n) is 3.67. The van der Waals surface area contributed by atoms with Gasteiger partial charge in [0.05, 0.1) is 12.5 Å². The molecular weight excluding hydrogens is 266 g/mol. The Balaban J connectivity index is 2.32. The molecule has 4 heteroatoms. The Labute approximate surface area is 124 Å². The highest BCUT2D eigenvalue weighted by atomic mass is 16.5. The number of rotatable bonds is 6. The van der Waals surface area contributed by atoms with Crippen molar-refractivity contribution < 1.29 is 14.3 Å². The van der Waals surface area contributed by atoms with Gasteiger partial charge >= 0.3 is 5.97 Å². The Morgan fingerprint density at radius 1 is 1.29 bits per heavy atom. The lowest BCUT2D eigenvalue weighted by atomic mass is 9.92. The van der Waals surface area contributed by atoms with E-state index < -0.39 is 0 Å². The van der Waals surface area contributed by atoms with E-state index in [0.29, 0.717) is 19.4 Å². The van der Waals surface area contributed by atoms with Gasteiger partial charge in [0.25, 0.3) is 0 Å². The summed E-state index contributed by atoms with van der Waals surface area (Å²) in [5, 5.41) is 1.09. The minimum Gasteiger partial charge on any atom is -0.466 e. The SMILES string of the molecule is CCOC(=O)C(CCC(C)=O)c1ccc2c(ccn2C)c1. The highest BCUT2D eigenvalue weighted by molar-refractivity contribution is 5.85. The van der Waals surface area contributed by atoms with Crippen LogP contribution in [-0.4, -0.2) is 22.9 Å². The van der Waals surface area contributed by atoms with Crippen molar-refractivity contribution in [2.24, 2.45) is 7.05 Å². The molecular formula is C17H21NO3. The molecule has 0 spiro atoms. The van der Waals surface area contributed by atoms with Gasteiger partial charge in [0, 0.05) is 25.2 Å². The van der Waals surface area contributed by atoms with Crippen molar-refractivity contribution in [2.45, 2.75) is 32.6 Å². The number of hydrogen-bond donors (Lipinski definition) is 0. The standard InChI is InChI=1S/C17H21NO3/c1-4-21-17(20)15(7-5-12(2)19)13-6-8-16-14(11-13)9-10-18(16)3/h6,8-11,15H,4-5,7H2,1-3H3. The molecule has 1 heterocycles. The molecule has 0 saturated carbocycles. The molecule has 0 amide bonds. The lowest BCUT2D eigenvalue weighted by Crippen LogP contribution is -2.17. The van der Waals surface area contributed by atoms with Gasteiger partial charge in [0.2, 0.25) is 0 Å². The lowest BCUT2D eigenvalue weighted by molar-refractivity contribution is -0.145. The zero-order valence-corrected chi connectivity index (χ0v) is 12.8. The number of nitrogens with zero attached hydrogens (tertiary/aromatic N) is 1. The summed E-state index contributed by atoms with van der Waals surface area (Å²) >= 11 is 0. The molecule has 0 aliphatic carbocycles. The minimum absolute atomic E-state index is 0.0880. The normalized spacial score (nSPS) is 12.3. The molecule has 1 unspecified atom stereocenters. The number of hydrogen-bond acceptors (Lipinski definition) is 3. The van der Waals surface area contributed by atoms with Gasteiger partial charge < -0.3 is 14.1 Å². The molecule has 2 rings (SSSR count). The molecule has 0 aliphatic heterocycles. The molecule has 0 aliphatic rings. The number of aryl methyl sites for hydroxylation is 1. The van der Waals surface area contributed by atoms with Gasteiger partial charge in [-0.1, -0.05) is 6.07 Å². The van der Waals surface area contributed by atoms with Crippen molar-refractivity contribution >= 4 is 22.7 Å². The highest BCUT2D eigenvalue weighted by Crippen LogP contribution is 2.27. The second kappa shape index (κ2) is 6.57. The lowest BCUT2D eigenvalue weighted by Gasteiger charge is -2.15. The quantitative estimate of drug-likeness (QED) is 0.767. The Morgan fingerprint density at radius 3 is 2.71 bits per heavy atom. The second-order valence-corrected chi connectivity index (χ2v) is 5.29. The molecule has 1 aromatic carbocycles. The molecule has 0 bridgehead atoms. The van der Waals surface area contributed by atoms with Gasteiger partial charge in [0.1, 0.15) is 5.78 Å². The first-order valence-corrected chi connectivity index (χ1v) is 7.24. The van der Waals surface area contributed by atoms with Crippen molar-refractivity contribution in [1.29, 1.82) is 0 Å². The van der Waals surface area contributed by atoms with E-state index >= 15 is 0 Å². The summed E-state index contributed by atoms with van der Waals surface area (Å²) in [5.74, 6) is -0.544. The van der Waals surface area contributed by atoms with Crippen LogP contribution in [0.3, 0.4) is 0 Å². The van der Waals surface area contributed by atoms with E-state index in [1.54, 1.807) is 13.8 Å². The monoisotopic (exact) mass is 287 g/mol. The van der Waals surface area contributed by atoms with Crippen molar-refractivity contribution in [3.8, 4) is 0 Å². The fraction of sp³-hybridized carbons (Fsp3) is 0.412. The summed E-state index contributed by atoms with van der Waals surface area (Å²) in [6.45, 7) is 3.69. The van der Waals surface area contributed by atoms with Crippen molar-refractivity contribution in [3.63, 3.8) is 0 Å². The van der Waals surface area contributed by atoms with Gasteiger partial charge in [0.15, 0.2) is 0 Å². The molecule has 0 N–H and O–H groups in total. The number of esters is 1. The maximum Gasteiger partial charge on any atom is 0.313 e. The van der Waals surface area contributed by atoms with Crippen molar-refractivity contribution in [3.05, 3.63) is 36.0 Å². The maximum atomic E-state index is 12.2. The van der Waals surface area contributed by atoms with Gasteiger partial charge in [-0.05, 0) is 49.4 Å². The first kappa shape index (κ1) is 15.3. The summed E-state index contributed by atoms with van der Waals surface area (Å²) in [7, 11) is 1.99. The summed E-state index contributed by atoms with van der Waals surface area (Å²) in [6.07, 6.45) is 2.87. The van der Waals surface area contributed by atoms with Crippen LogP contribution >= 0.6 is 0 Å². The molecule has 0 fully saturated rings. The van der Waals surface area contributed by atoms with Crippen LogP contribution < -0.4 is 0 Å². The smallest absolute Gasteiger partial charge is 0.313 e. The van der Waals surface area contributed by atoms with Gasteiger partial charge in [-0.2, -0.15) is 0 Å². The average Bonchev–Trinajstić information content (AvgIpc) is 2.80. The fourth-order valence-corrected chi connectivity index (χ4v) is 2.53. The Hall–Kier alpha value is -2.10. The van der Waals surface area contributed by atoms with Crippen LogP contribution in [0.5, 0.6) is 0 Å². The van der Waals surface area contributed by atoms with E-state index in [2.05, 4.69) is 0 Å². The summed E-state index contributed by atoms with van der Waals surface area (Å²) in [6, 6.07) is 7.98. The fourth-order valence-electron chi connectivity index (χ4n) is 2.53. The summed E-state index contributed by atoms with van der Waals surface area (Å²) in [4.78, 5) is 23.4. The predicted molar refractivity (Wildman–Crippen MR) is 82.2 cm³/mol. The van der Waals surface area contributed by atoms with Gasteiger partial charge in [-0.15, -0.1) is 0 Å². The molecule has 1 aromatic heterocycles. The maximum absolute atomic E-state index is 12.2. The van der Waals surface area contributed by atoms with Crippen molar-refractivity contribution in [2.75, 3.05) is 6.61 Å². The average molecular weight is 287 g/mol. The van der Waals surface area contributed by atoms with Gasteiger partial charge in [-0.25, -0.2) is 0 Å².